The Bertz CT molecular complexity index is 879. The predicted molar refractivity (Wildman–Crippen MR) is 114 cm³/mol. The van der Waals surface area contributed by atoms with Gasteiger partial charge in [0.1, 0.15) is 11.0 Å². The summed E-state index contributed by atoms with van der Waals surface area (Å²) in [6.07, 6.45) is 0.0818. The molecular weight excluding hydrogens is 396 g/mol. The third-order valence-electron chi connectivity index (χ3n) is 3.71. The number of anilines is 1. The van der Waals surface area contributed by atoms with Gasteiger partial charge in [-0.25, -0.2) is 0 Å². The zero-order valence-electron chi connectivity index (χ0n) is 15.2. The Morgan fingerprint density at radius 2 is 2.14 bits per heavy atom. The molecule has 0 radical (unpaired) electrons. The van der Waals surface area contributed by atoms with Crippen molar-refractivity contribution in [1.82, 2.24) is 10.7 Å². The molecule has 1 atom stereocenters. The molecule has 1 aromatic heterocycles. The van der Waals surface area contributed by atoms with Crippen LogP contribution in [0.5, 0.6) is 5.75 Å². The Labute approximate surface area is 171 Å². The van der Waals surface area contributed by atoms with Crippen molar-refractivity contribution in [2.75, 3.05) is 11.9 Å². The predicted octanol–water partition coefficient (Wildman–Crippen LogP) is 3.24. The van der Waals surface area contributed by atoms with Crippen LogP contribution in [0, 0.1) is 0 Å². The largest absolute Gasteiger partial charge is 0.494 e. The molecule has 1 aromatic carbocycles. The highest BCUT2D eigenvalue weighted by Gasteiger charge is 2.30. The average molecular weight is 417 g/mol. The number of carbonyl (C=O) groups excluding carboxylic acids is 2. The third-order valence-corrected chi connectivity index (χ3v) is 5.72. The molecule has 9 heteroatoms. The van der Waals surface area contributed by atoms with Crippen LogP contribution in [0.15, 0.2) is 53.5 Å². The summed E-state index contributed by atoms with van der Waals surface area (Å²) in [5, 5.41) is 11.4. The normalized spacial score (nSPS) is 17.7. The van der Waals surface area contributed by atoms with Crippen LogP contribution in [0.4, 0.5) is 5.69 Å². The van der Waals surface area contributed by atoms with Gasteiger partial charge in [-0.1, -0.05) is 24.4 Å². The van der Waals surface area contributed by atoms with Crippen LogP contribution in [-0.4, -0.2) is 28.8 Å². The van der Waals surface area contributed by atoms with E-state index in [0.29, 0.717) is 23.2 Å². The van der Waals surface area contributed by atoms with E-state index < -0.39 is 5.25 Å². The SMILES string of the molecule is C=C(N/N=C1\NC(=O)C[C@H](C(=O)Nc2ccc(OCC)cc2)S1)c1cccs1. The molecule has 3 rings (SSSR count). The van der Waals surface area contributed by atoms with Crippen molar-refractivity contribution in [3.05, 3.63) is 53.2 Å². The number of amidine groups is 1. The quantitative estimate of drug-likeness (QED) is 0.603. The van der Waals surface area contributed by atoms with Crippen molar-refractivity contribution in [1.29, 1.82) is 0 Å². The molecule has 3 N–H and O–H groups in total. The summed E-state index contributed by atoms with van der Waals surface area (Å²) in [6, 6.07) is 10.9. The molecule has 0 unspecified atom stereocenters. The summed E-state index contributed by atoms with van der Waals surface area (Å²) in [6.45, 7) is 6.40. The molecular formula is C19H20N4O3S2. The zero-order chi connectivity index (χ0) is 19.9. The van der Waals surface area contributed by atoms with Crippen molar-refractivity contribution in [3.8, 4) is 5.75 Å². The number of nitrogens with zero attached hydrogens (tertiary/aromatic N) is 1. The van der Waals surface area contributed by atoms with Gasteiger partial charge in [0, 0.05) is 12.1 Å². The van der Waals surface area contributed by atoms with Crippen LogP contribution in [0.2, 0.25) is 0 Å². The molecule has 0 aliphatic carbocycles. The summed E-state index contributed by atoms with van der Waals surface area (Å²) in [7, 11) is 0. The molecule has 0 saturated carbocycles. The second-order valence-electron chi connectivity index (χ2n) is 5.79. The summed E-state index contributed by atoms with van der Waals surface area (Å²) >= 11 is 2.72. The molecule has 0 spiro atoms. The van der Waals surface area contributed by atoms with Gasteiger partial charge in [0.05, 0.1) is 17.2 Å². The molecule has 2 amide bonds. The smallest absolute Gasteiger partial charge is 0.238 e. The molecule has 2 aromatic rings. The summed E-state index contributed by atoms with van der Waals surface area (Å²) in [5.74, 6) is 0.222. The topological polar surface area (TPSA) is 91.8 Å². The van der Waals surface area contributed by atoms with E-state index in [4.69, 9.17) is 4.74 Å². The van der Waals surface area contributed by atoms with Crippen LogP contribution in [0.1, 0.15) is 18.2 Å². The van der Waals surface area contributed by atoms with Gasteiger partial charge in [0.2, 0.25) is 11.8 Å². The van der Waals surface area contributed by atoms with E-state index in [1.165, 1.54) is 23.1 Å². The van der Waals surface area contributed by atoms with Crippen molar-refractivity contribution >= 4 is 51.5 Å². The molecule has 1 aliphatic heterocycles. The lowest BCUT2D eigenvalue weighted by atomic mass is 10.2. The van der Waals surface area contributed by atoms with E-state index in [1.807, 2.05) is 24.4 Å². The van der Waals surface area contributed by atoms with Gasteiger partial charge in [-0.3, -0.25) is 15.0 Å². The maximum absolute atomic E-state index is 12.6. The van der Waals surface area contributed by atoms with E-state index in [9.17, 15) is 9.59 Å². The Morgan fingerprint density at radius 3 is 2.82 bits per heavy atom. The lowest BCUT2D eigenvalue weighted by Gasteiger charge is -2.22. The lowest BCUT2D eigenvalue weighted by molar-refractivity contribution is -0.123. The molecule has 146 valence electrons. The van der Waals surface area contributed by atoms with Crippen molar-refractivity contribution in [2.24, 2.45) is 5.10 Å². The van der Waals surface area contributed by atoms with Gasteiger partial charge in [-0.05, 0) is 42.6 Å². The third kappa shape index (κ3) is 5.37. The first-order chi connectivity index (χ1) is 13.5. The number of benzene rings is 1. The number of amides is 2. The van der Waals surface area contributed by atoms with Gasteiger partial charge in [0.25, 0.3) is 0 Å². The van der Waals surface area contributed by atoms with Crippen LogP contribution in [0.25, 0.3) is 5.70 Å². The Hall–Kier alpha value is -2.78. The number of rotatable bonds is 7. The fourth-order valence-corrected chi connectivity index (χ4v) is 3.98. The van der Waals surface area contributed by atoms with Crippen LogP contribution < -0.4 is 20.8 Å². The molecule has 2 heterocycles. The highest BCUT2D eigenvalue weighted by atomic mass is 32.2. The minimum absolute atomic E-state index is 0.0818. The minimum atomic E-state index is -0.573. The van der Waals surface area contributed by atoms with Gasteiger partial charge >= 0.3 is 0 Å². The average Bonchev–Trinajstić information content (AvgIpc) is 3.22. The Morgan fingerprint density at radius 1 is 1.36 bits per heavy atom. The molecule has 1 aliphatic rings. The number of nitrogens with one attached hydrogen (secondary N) is 3. The summed E-state index contributed by atoms with van der Waals surface area (Å²) in [4.78, 5) is 25.5. The molecule has 1 fully saturated rings. The van der Waals surface area contributed by atoms with Gasteiger partial charge in [-0.15, -0.1) is 16.4 Å². The Kier molecular flexibility index (Phi) is 6.72. The lowest BCUT2D eigenvalue weighted by Crippen LogP contribution is -2.42. The Balaban J connectivity index is 1.60. The van der Waals surface area contributed by atoms with Crippen molar-refractivity contribution in [3.63, 3.8) is 0 Å². The highest BCUT2D eigenvalue weighted by Crippen LogP contribution is 2.23. The first-order valence-corrected chi connectivity index (χ1v) is 10.4. The second kappa shape index (κ2) is 9.43. The first-order valence-electron chi connectivity index (χ1n) is 8.62. The van der Waals surface area contributed by atoms with Crippen LogP contribution in [-0.2, 0) is 9.59 Å². The van der Waals surface area contributed by atoms with Gasteiger partial charge in [0.15, 0.2) is 5.17 Å². The summed E-state index contributed by atoms with van der Waals surface area (Å²) in [5.41, 5.74) is 4.09. The minimum Gasteiger partial charge on any atom is -0.494 e. The first kappa shape index (κ1) is 20.0. The van der Waals surface area contributed by atoms with Gasteiger partial charge in [-0.2, -0.15) is 0 Å². The molecule has 1 saturated heterocycles. The number of hydrogen-bond donors (Lipinski definition) is 3. The number of hydrogen-bond acceptors (Lipinski definition) is 7. The van der Waals surface area contributed by atoms with Crippen LogP contribution in [0.3, 0.4) is 0 Å². The zero-order valence-corrected chi connectivity index (χ0v) is 16.9. The van der Waals surface area contributed by atoms with E-state index in [0.717, 1.165) is 10.6 Å². The second-order valence-corrected chi connectivity index (χ2v) is 7.93. The highest BCUT2D eigenvalue weighted by molar-refractivity contribution is 8.15. The number of carbonyl (C=O) groups is 2. The number of ether oxygens (including phenoxy) is 1. The fourth-order valence-electron chi connectivity index (χ4n) is 2.39. The number of thioether (sulfide) groups is 1. The van der Waals surface area contributed by atoms with E-state index >= 15 is 0 Å². The monoisotopic (exact) mass is 416 g/mol. The number of thiophene rings is 1. The van der Waals surface area contributed by atoms with Crippen molar-refractivity contribution in [2.45, 2.75) is 18.6 Å². The van der Waals surface area contributed by atoms with E-state index in [1.54, 1.807) is 24.3 Å². The molecule has 0 bridgehead atoms. The molecule has 7 nitrogen and oxygen atoms in total. The summed E-state index contributed by atoms with van der Waals surface area (Å²) < 4.78 is 5.38. The van der Waals surface area contributed by atoms with Gasteiger partial charge < -0.3 is 15.4 Å². The van der Waals surface area contributed by atoms with Crippen LogP contribution >= 0.6 is 23.1 Å². The maximum Gasteiger partial charge on any atom is 0.238 e. The number of hydrazone groups is 1. The van der Waals surface area contributed by atoms with E-state index in [-0.39, 0.29) is 18.2 Å². The molecule has 28 heavy (non-hydrogen) atoms. The standard InChI is InChI=1S/C19H20N4O3S2/c1-3-26-14-8-6-13(7-9-14)20-18(25)16-11-17(24)21-19(28-16)23-22-12(2)15-5-4-10-27-15/h4-10,16,22H,2-3,11H2,1H3,(H,20,25)(H,21,23,24)/t16-/m1/s1. The van der Waals surface area contributed by atoms with E-state index in [2.05, 4.69) is 27.7 Å². The maximum atomic E-state index is 12.6. The van der Waals surface area contributed by atoms with Crippen molar-refractivity contribution < 1.29 is 14.3 Å². The fraction of sp³-hybridized carbons (Fsp3) is 0.211.